The molecule has 0 unspecified atom stereocenters. The van der Waals surface area contributed by atoms with Crippen LogP contribution in [0.4, 0.5) is 0 Å². The Hall–Kier alpha value is -2.14. The van der Waals surface area contributed by atoms with Crippen molar-refractivity contribution in [2.24, 2.45) is 5.92 Å². The minimum Gasteiger partial charge on any atom is -0.353 e. The van der Waals surface area contributed by atoms with Crippen molar-refractivity contribution in [3.05, 3.63) is 52.8 Å². The number of aromatic nitrogens is 2. The van der Waals surface area contributed by atoms with E-state index < -0.39 is 0 Å². The van der Waals surface area contributed by atoms with Crippen molar-refractivity contribution in [1.82, 2.24) is 20.0 Å². The van der Waals surface area contributed by atoms with E-state index in [1.165, 1.54) is 16.8 Å². The summed E-state index contributed by atoms with van der Waals surface area (Å²) in [6.45, 7) is 12.6. The summed E-state index contributed by atoms with van der Waals surface area (Å²) in [5.74, 6) is 0.735. The molecule has 0 radical (unpaired) electrons. The number of nitrogens with zero attached hydrogens (tertiary/aromatic N) is 3. The van der Waals surface area contributed by atoms with Crippen LogP contribution in [0.1, 0.15) is 55.6 Å². The molecule has 1 N–H and O–H groups in total. The lowest BCUT2D eigenvalue weighted by atomic mass is 10.0. The third kappa shape index (κ3) is 6.17. The summed E-state index contributed by atoms with van der Waals surface area (Å²) in [5.41, 5.74) is 4.86. The maximum Gasteiger partial charge on any atom is 0.220 e. The lowest BCUT2D eigenvalue weighted by Gasteiger charge is -2.32. The summed E-state index contributed by atoms with van der Waals surface area (Å²) < 4.78 is 2.09. The lowest BCUT2D eigenvalue weighted by molar-refractivity contribution is -0.122. The predicted octanol–water partition coefficient (Wildman–Crippen LogP) is 3.87. The van der Waals surface area contributed by atoms with E-state index in [0.29, 0.717) is 18.4 Å². The van der Waals surface area contributed by atoms with E-state index in [2.05, 4.69) is 78.0 Å². The summed E-state index contributed by atoms with van der Waals surface area (Å²) in [6.07, 6.45) is 3.37. The van der Waals surface area contributed by atoms with Crippen LogP contribution in [0.25, 0.3) is 0 Å². The van der Waals surface area contributed by atoms with Crippen molar-refractivity contribution in [3.63, 3.8) is 0 Å². The molecule has 1 aromatic carbocycles. The largest absolute Gasteiger partial charge is 0.353 e. The summed E-state index contributed by atoms with van der Waals surface area (Å²) in [4.78, 5) is 15.0. The molecule has 29 heavy (non-hydrogen) atoms. The maximum atomic E-state index is 12.5. The van der Waals surface area contributed by atoms with Gasteiger partial charge in [-0.25, -0.2) is 0 Å². The zero-order chi connectivity index (χ0) is 20.8. The number of benzene rings is 1. The van der Waals surface area contributed by atoms with E-state index in [0.717, 1.165) is 51.1 Å². The first-order valence-electron chi connectivity index (χ1n) is 11.0. The first-order chi connectivity index (χ1) is 13.9. The molecule has 0 atom stereocenters. The number of hydrogen-bond acceptors (Lipinski definition) is 3. The van der Waals surface area contributed by atoms with Crippen LogP contribution in [0.15, 0.2) is 30.3 Å². The molecule has 5 nitrogen and oxygen atoms in total. The molecule has 1 amide bonds. The van der Waals surface area contributed by atoms with Crippen LogP contribution in [0.5, 0.6) is 0 Å². The number of rotatable bonds is 8. The molecular formula is C24H36N4O. The second-order valence-corrected chi connectivity index (χ2v) is 8.83. The first kappa shape index (κ1) is 21.6. The minimum absolute atomic E-state index is 0.168. The van der Waals surface area contributed by atoms with Crippen LogP contribution < -0.4 is 5.32 Å². The molecule has 0 bridgehead atoms. The Kier molecular flexibility index (Phi) is 7.48. The highest BCUT2D eigenvalue weighted by molar-refractivity contribution is 5.76. The monoisotopic (exact) mass is 396 g/mol. The zero-order valence-corrected chi connectivity index (χ0v) is 18.4. The predicted molar refractivity (Wildman–Crippen MR) is 118 cm³/mol. The van der Waals surface area contributed by atoms with Gasteiger partial charge in [0.25, 0.3) is 0 Å². The second-order valence-electron chi connectivity index (χ2n) is 8.83. The van der Waals surface area contributed by atoms with Gasteiger partial charge in [0.1, 0.15) is 0 Å². The molecule has 2 heterocycles. The molecule has 3 rings (SSSR count). The summed E-state index contributed by atoms with van der Waals surface area (Å²) >= 11 is 0. The quantitative estimate of drug-likeness (QED) is 0.737. The Balaban J connectivity index is 1.42. The van der Waals surface area contributed by atoms with Gasteiger partial charge in [0.2, 0.25) is 5.91 Å². The minimum atomic E-state index is 0.168. The smallest absolute Gasteiger partial charge is 0.220 e. The molecule has 5 heteroatoms. The Bertz CT molecular complexity index is 789. The van der Waals surface area contributed by atoms with Crippen LogP contribution in [-0.2, 0) is 24.3 Å². The average molecular weight is 397 g/mol. The van der Waals surface area contributed by atoms with Gasteiger partial charge < -0.3 is 5.32 Å². The molecule has 1 aromatic heterocycles. The van der Waals surface area contributed by atoms with Crippen molar-refractivity contribution < 1.29 is 4.79 Å². The van der Waals surface area contributed by atoms with Gasteiger partial charge in [-0.05, 0) is 50.2 Å². The lowest BCUT2D eigenvalue weighted by Crippen LogP contribution is -2.44. The molecule has 1 aliphatic heterocycles. The van der Waals surface area contributed by atoms with Gasteiger partial charge in [-0.15, -0.1) is 0 Å². The number of carbonyl (C=O) groups excluding carboxylic acids is 1. The summed E-state index contributed by atoms with van der Waals surface area (Å²) in [5, 5.41) is 7.92. The summed E-state index contributed by atoms with van der Waals surface area (Å²) in [7, 11) is 0. The number of piperidine rings is 1. The van der Waals surface area contributed by atoms with E-state index in [-0.39, 0.29) is 5.91 Å². The highest BCUT2D eigenvalue weighted by atomic mass is 16.1. The highest BCUT2D eigenvalue weighted by Gasteiger charge is 2.21. The molecule has 1 saturated heterocycles. The van der Waals surface area contributed by atoms with E-state index >= 15 is 0 Å². The second kappa shape index (κ2) is 10.1. The third-order valence-electron chi connectivity index (χ3n) is 5.87. The highest BCUT2D eigenvalue weighted by Crippen LogP contribution is 2.17. The van der Waals surface area contributed by atoms with Crippen molar-refractivity contribution in [2.45, 2.75) is 72.5 Å². The Morgan fingerprint density at radius 2 is 1.86 bits per heavy atom. The van der Waals surface area contributed by atoms with Crippen LogP contribution >= 0.6 is 0 Å². The van der Waals surface area contributed by atoms with E-state index in [1.807, 2.05) is 0 Å². The topological polar surface area (TPSA) is 50.2 Å². The number of hydrogen-bond donors (Lipinski definition) is 1. The zero-order valence-electron chi connectivity index (χ0n) is 18.4. The van der Waals surface area contributed by atoms with Crippen molar-refractivity contribution in [1.29, 1.82) is 0 Å². The number of carbonyl (C=O) groups is 1. The number of amides is 1. The van der Waals surface area contributed by atoms with Crippen molar-refractivity contribution in [3.8, 4) is 0 Å². The Morgan fingerprint density at radius 1 is 1.17 bits per heavy atom. The molecule has 1 aliphatic rings. The van der Waals surface area contributed by atoms with Crippen LogP contribution in [0.3, 0.4) is 0 Å². The SMILES string of the molecule is Cc1nn(CC(C)C)c(C)c1CCC(=O)NC1CCN(Cc2ccccc2)CC1. The van der Waals surface area contributed by atoms with Gasteiger partial charge in [-0.3, -0.25) is 14.4 Å². The molecule has 0 aliphatic carbocycles. The fraction of sp³-hybridized carbons (Fsp3) is 0.583. The van der Waals surface area contributed by atoms with Gasteiger partial charge >= 0.3 is 0 Å². The Labute approximate surface area is 175 Å². The van der Waals surface area contributed by atoms with Crippen LogP contribution in [0.2, 0.25) is 0 Å². The van der Waals surface area contributed by atoms with E-state index in [9.17, 15) is 4.79 Å². The third-order valence-corrected chi connectivity index (χ3v) is 5.87. The maximum absolute atomic E-state index is 12.5. The summed E-state index contributed by atoms with van der Waals surface area (Å²) in [6, 6.07) is 10.9. The normalized spacial score (nSPS) is 15.8. The molecule has 1 fully saturated rings. The molecule has 0 spiro atoms. The van der Waals surface area contributed by atoms with Crippen molar-refractivity contribution >= 4 is 5.91 Å². The standard InChI is InChI=1S/C24H36N4O/c1-18(2)16-28-20(4)23(19(3)26-28)10-11-24(29)25-22-12-14-27(15-13-22)17-21-8-6-5-7-9-21/h5-9,18,22H,10-17H2,1-4H3,(H,25,29). The molecule has 0 saturated carbocycles. The Morgan fingerprint density at radius 3 is 2.52 bits per heavy atom. The molecule has 2 aromatic rings. The fourth-order valence-electron chi connectivity index (χ4n) is 4.23. The fourth-order valence-corrected chi connectivity index (χ4v) is 4.23. The van der Waals surface area contributed by atoms with Gasteiger partial charge in [0.15, 0.2) is 0 Å². The van der Waals surface area contributed by atoms with E-state index in [4.69, 9.17) is 0 Å². The average Bonchev–Trinajstić information content (AvgIpc) is 2.95. The van der Waals surface area contributed by atoms with Gasteiger partial charge in [0, 0.05) is 44.3 Å². The van der Waals surface area contributed by atoms with Crippen molar-refractivity contribution in [2.75, 3.05) is 13.1 Å². The van der Waals surface area contributed by atoms with Gasteiger partial charge in [-0.1, -0.05) is 44.2 Å². The molecule has 158 valence electrons. The first-order valence-corrected chi connectivity index (χ1v) is 11.0. The van der Waals surface area contributed by atoms with Gasteiger partial charge in [-0.2, -0.15) is 5.10 Å². The van der Waals surface area contributed by atoms with Crippen LogP contribution in [0, 0.1) is 19.8 Å². The van der Waals surface area contributed by atoms with Gasteiger partial charge in [0.05, 0.1) is 5.69 Å². The number of likely N-dealkylation sites (tertiary alicyclic amines) is 1. The van der Waals surface area contributed by atoms with E-state index in [1.54, 1.807) is 0 Å². The molecular weight excluding hydrogens is 360 g/mol. The van der Waals surface area contributed by atoms with Crippen LogP contribution in [-0.4, -0.2) is 39.7 Å². The number of nitrogens with one attached hydrogen (secondary N) is 1. The number of aryl methyl sites for hydroxylation is 1.